The summed E-state index contributed by atoms with van der Waals surface area (Å²) in [4.78, 5) is 23.6. The zero-order valence-electron chi connectivity index (χ0n) is 23.8. The van der Waals surface area contributed by atoms with E-state index in [1.165, 1.54) is 61.5 Å². The summed E-state index contributed by atoms with van der Waals surface area (Å²) >= 11 is 6.08. The normalized spacial score (nSPS) is 12.2. The van der Waals surface area contributed by atoms with Crippen LogP contribution in [-0.2, 0) is 39.3 Å². The van der Waals surface area contributed by atoms with E-state index in [0.717, 1.165) is 6.07 Å². The molecule has 22 heteroatoms. The topological polar surface area (TPSA) is 269 Å². The molecule has 5 N–H and O–H groups in total. The molecule has 0 unspecified atom stereocenters. The fourth-order valence-electron chi connectivity index (χ4n) is 3.64. The summed E-state index contributed by atoms with van der Waals surface area (Å²) in [7, 11) is -13.2. The average molecular weight is 727 g/mol. The van der Waals surface area contributed by atoms with E-state index in [4.69, 9.17) is 16.2 Å². The van der Waals surface area contributed by atoms with Gasteiger partial charge < -0.3 is 16.0 Å². The second-order valence-electron chi connectivity index (χ2n) is 9.18. The molecule has 0 aliphatic heterocycles. The lowest BCUT2D eigenvalue weighted by Gasteiger charge is -2.11. The Labute approximate surface area is 272 Å². The fourth-order valence-corrected chi connectivity index (χ4v) is 5.81. The van der Waals surface area contributed by atoms with Gasteiger partial charge in [0.2, 0.25) is 23.1 Å². The number of halogens is 1. The lowest BCUT2D eigenvalue weighted by molar-refractivity contribution is -0.114. The molecule has 0 aliphatic rings. The van der Waals surface area contributed by atoms with Crippen molar-refractivity contribution in [3.63, 3.8) is 0 Å². The number of anilines is 5. The van der Waals surface area contributed by atoms with Crippen LogP contribution in [0, 0.1) is 0 Å². The first-order valence-corrected chi connectivity index (χ1v) is 17.6. The standard InChI is InChI=1S/C25H23ClN8O10S3/c1-15(35)27-22-14-17(7-10-21(22)34-33-18-3-2-4-20(13-18)46(38,39)40)29-25-31-23(26)30-24(32-25)28-16-5-8-19(9-6-16)45(36,37)12-11-44-47(41,42)43/h2-10,13-14H,11-12H2,1H3,(H,27,35)(H,38,39,40)(H,41,42,43)(H2,28,29,30,31,32)/b34-33+. The van der Waals surface area contributed by atoms with E-state index >= 15 is 0 Å². The second kappa shape index (κ2) is 14.4. The number of amides is 1. The number of azo groups is 1. The first kappa shape index (κ1) is 35.2. The molecule has 0 radical (unpaired) electrons. The molecule has 0 saturated heterocycles. The zero-order valence-corrected chi connectivity index (χ0v) is 27.0. The molecule has 0 atom stereocenters. The van der Waals surface area contributed by atoms with Crippen molar-refractivity contribution in [3.05, 3.63) is 72.0 Å². The number of hydrogen-bond donors (Lipinski definition) is 5. The Balaban J connectivity index is 1.50. The third kappa shape index (κ3) is 10.7. The van der Waals surface area contributed by atoms with Crippen LogP contribution in [0.15, 0.2) is 86.7 Å². The van der Waals surface area contributed by atoms with Gasteiger partial charge in [0.1, 0.15) is 5.69 Å². The van der Waals surface area contributed by atoms with Gasteiger partial charge in [-0.1, -0.05) is 6.07 Å². The number of benzene rings is 3. The highest BCUT2D eigenvalue weighted by molar-refractivity contribution is 7.91. The summed E-state index contributed by atoms with van der Waals surface area (Å²) in [6.45, 7) is 0.508. The van der Waals surface area contributed by atoms with Crippen molar-refractivity contribution in [2.24, 2.45) is 10.2 Å². The maximum absolute atomic E-state index is 12.4. The number of carbonyl (C=O) groups is 1. The molecule has 0 bridgehead atoms. The number of carbonyl (C=O) groups excluding carboxylic acids is 1. The number of aromatic nitrogens is 3. The van der Waals surface area contributed by atoms with Gasteiger partial charge in [-0.05, 0) is 72.3 Å². The molecule has 18 nitrogen and oxygen atoms in total. The Morgan fingerprint density at radius 2 is 1.47 bits per heavy atom. The maximum atomic E-state index is 12.4. The number of hydrogen-bond acceptors (Lipinski definition) is 15. The largest absolute Gasteiger partial charge is 0.397 e. The van der Waals surface area contributed by atoms with E-state index in [1.807, 2.05) is 0 Å². The van der Waals surface area contributed by atoms with Gasteiger partial charge in [0.05, 0.1) is 33.5 Å². The van der Waals surface area contributed by atoms with Crippen molar-refractivity contribution in [3.8, 4) is 0 Å². The van der Waals surface area contributed by atoms with Gasteiger partial charge in [0.15, 0.2) is 9.84 Å². The third-order valence-electron chi connectivity index (χ3n) is 5.61. The molecule has 0 saturated carbocycles. The molecule has 4 rings (SSSR count). The van der Waals surface area contributed by atoms with Gasteiger partial charge in [-0.25, -0.2) is 12.6 Å². The van der Waals surface area contributed by atoms with Crippen LogP contribution < -0.4 is 16.0 Å². The first-order chi connectivity index (χ1) is 22.0. The molecule has 0 aliphatic carbocycles. The minimum Gasteiger partial charge on any atom is -0.324 e. The van der Waals surface area contributed by atoms with Gasteiger partial charge >= 0.3 is 10.4 Å². The predicted octanol–water partition coefficient (Wildman–Crippen LogP) is 4.23. The van der Waals surface area contributed by atoms with Crippen LogP contribution in [0.4, 0.5) is 40.3 Å². The Morgan fingerprint density at radius 1 is 0.830 bits per heavy atom. The summed E-state index contributed by atoms with van der Waals surface area (Å²) in [6.07, 6.45) is 0. The summed E-state index contributed by atoms with van der Waals surface area (Å²) in [5, 5.41) is 16.2. The number of sulfone groups is 1. The van der Waals surface area contributed by atoms with Crippen LogP contribution in [0.2, 0.25) is 5.28 Å². The van der Waals surface area contributed by atoms with Crippen molar-refractivity contribution < 1.29 is 43.3 Å². The Bertz CT molecular complexity index is 2170. The highest BCUT2D eigenvalue weighted by atomic mass is 35.5. The molecule has 4 aromatic rings. The van der Waals surface area contributed by atoms with Gasteiger partial charge in [0.25, 0.3) is 10.1 Å². The number of nitrogens with zero attached hydrogens (tertiary/aromatic N) is 5. The molecule has 248 valence electrons. The minimum absolute atomic E-state index is 0.0179. The summed E-state index contributed by atoms with van der Waals surface area (Å²) < 4.78 is 90.8. The van der Waals surface area contributed by atoms with E-state index in [9.17, 15) is 34.6 Å². The molecule has 1 amide bonds. The molecule has 47 heavy (non-hydrogen) atoms. The summed E-state index contributed by atoms with van der Waals surface area (Å²) in [5.41, 5.74) is 1.28. The first-order valence-electron chi connectivity index (χ1n) is 12.8. The van der Waals surface area contributed by atoms with Crippen LogP contribution in [-0.4, -0.2) is 67.6 Å². The van der Waals surface area contributed by atoms with E-state index in [0.29, 0.717) is 11.4 Å². The highest BCUT2D eigenvalue weighted by Gasteiger charge is 2.17. The monoisotopic (exact) mass is 726 g/mol. The van der Waals surface area contributed by atoms with E-state index in [-0.39, 0.29) is 44.0 Å². The highest BCUT2D eigenvalue weighted by Crippen LogP contribution is 2.32. The van der Waals surface area contributed by atoms with Crippen LogP contribution in [0.3, 0.4) is 0 Å². The van der Waals surface area contributed by atoms with Crippen LogP contribution in [0.5, 0.6) is 0 Å². The molecule has 3 aromatic carbocycles. The lowest BCUT2D eigenvalue weighted by atomic mass is 10.2. The van der Waals surface area contributed by atoms with Crippen molar-refractivity contribution >= 4 is 88.2 Å². The SMILES string of the molecule is CC(=O)Nc1cc(Nc2nc(Cl)nc(Nc3ccc(S(=O)(=O)CCOS(=O)(=O)O)cc3)n2)ccc1/N=N/c1cccc(S(=O)(=O)O)c1. The quantitative estimate of drug-likeness (QED) is 0.0953. The lowest BCUT2D eigenvalue weighted by Crippen LogP contribution is -2.15. The molecule has 0 spiro atoms. The predicted molar refractivity (Wildman–Crippen MR) is 169 cm³/mol. The van der Waals surface area contributed by atoms with Gasteiger partial charge in [-0.3, -0.25) is 13.9 Å². The summed E-state index contributed by atoms with van der Waals surface area (Å²) in [5.74, 6) is -1.16. The molecule has 0 fully saturated rings. The van der Waals surface area contributed by atoms with Crippen molar-refractivity contribution in [1.29, 1.82) is 0 Å². The van der Waals surface area contributed by atoms with Crippen molar-refractivity contribution in [2.45, 2.75) is 16.7 Å². The minimum atomic E-state index is -4.78. The molecular weight excluding hydrogens is 704 g/mol. The van der Waals surface area contributed by atoms with Crippen LogP contribution in [0.25, 0.3) is 0 Å². The molecular formula is C25H23ClN8O10S3. The van der Waals surface area contributed by atoms with Crippen LogP contribution >= 0.6 is 11.6 Å². The zero-order chi connectivity index (χ0) is 34.4. The van der Waals surface area contributed by atoms with E-state index in [1.54, 1.807) is 6.07 Å². The Kier molecular flexibility index (Phi) is 10.8. The van der Waals surface area contributed by atoms with E-state index < -0.39 is 48.6 Å². The molecule has 1 aromatic heterocycles. The van der Waals surface area contributed by atoms with Gasteiger partial charge in [-0.2, -0.15) is 36.9 Å². The average Bonchev–Trinajstić information content (AvgIpc) is 2.95. The number of nitrogens with one attached hydrogen (secondary N) is 3. The van der Waals surface area contributed by atoms with Crippen LogP contribution in [0.1, 0.15) is 6.92 Å². The molecule has 1 heterocycles. The Morgan fingerprint density at radius 3 is 2.09 bits per heavy atom. The van der Waals surface area contributed by atoms with Crippen molar-refractivity contribution in [1.82, 2.24) is 15.0 Å². The van der Waals surface area contributed by atoms with Gasteiger partial charge in [0, 0.05) is 18.3 Å². The Hall–Kier alpha value is -4.64. The third-order valence-corrected chi connectivity index (χ3v) is 8.79. The second-order valence-corrected chi connectivity index (χ2v) is 14.1. The van der Waals surface area contributed by atoms with E-state index in [2.05, 4.69) is 45.3 Å². The number of rotatable bonds is 13. The fraction of sp³-hybridized carbons (Fsp3) is 0.120. The smallest absolute Gasteiger partial charge is 0.324 e. The van der Waals surface area contributed by atoms with Crippen molar-refractivity contribution in [2.75, 3.05) is 28.3 Å². The summed E-state index contributed by atoms with van der Waals surface area (Å²) in [6, 6.07) is 15.0. The maximum Gasteiger partial charge on any atom is 0.397 e. The van der Waals surface area contributed by atoms with Gasteiger partial charge in [-0.15, -0.1) is 5.11 Å².